The SMILES string of the molecule is Cc1cc(-c2ncc(CNc3nccn4c(-c5cccnc5)cnc34)cc2C)ccn1. The fraction of sp³-hybridized carbons (Fsp3) is 0.125. The molecule has 0 aromatic carbocycles. The highest BCUT2D eigenvalue weighted by molar-refractivity contribution is 5.70. The minimum Gasteiger partial charge on any atom is -0.363 e. The number of fused-ring (bicyclic) bond motifs is 1. The molecule has 5 aromatic rings. The molecule has 0 saturated carbocycles. The minimum atomic E-state index is 0.602. The normalized spacial score (nSPS) is 11.0. The summed E-state index contributed by atoms with van der Waals surface area (Å²) < 4.78 is 2.02. The van der Waals surface area contributed by atoms with Gasteiger partial charge >= 0.3 is 0 Å². The Morgan fingerprint density at radius 3 is 2.61 bits per heavy atom. The Bertz CT molecular complexity index is 1360. The van der Waals surface area contributed by atoms with Crippen LogP contribution in [-0.4, -0.2) is 29.3 Å². The van der Waals surface area contributed by atoms with E-state index in [4.69, 9.17) is 4.98 Å². The highest BCUT2D eigenvalue weighted by atomic mass is 15.1. The maximum atomic E-state index is 4.69. The summed E-state index contributed by atoms with van der Waals surface area (Å²) in [6.45, 7) is 4.67. The van der Waals surface area contributed by atoms with Gasteiger partial charge in [0.2, 0.25) is 0 Å². The van der Waals surface area contributed by atoms with Crippen LogP contribution >= 0.6 is 0 Å². The monoisotopic (exact) mass is 407 g/mol. The van der Waals surface area contributed by atoms with Crippen molar-refractivity contribution >= 4 is 11.5 Å². The third kappa shape index (κ3) is 3.73. The standard InChI is InChI=1S/C24H21N7/c1-16-10-18(12-28-22(16)19-5-7-26-17(2)11-19)13-29-23-24-30-15-21(31(24)9-8-27-23)20-4-3-6-25-14-20/h3-12,14-15H,13H2,1-2H3,(H,27,29). The van der Waals surface area contributed by atoms with E-state index in [9.17, 15) is 0 Å². The number of hydrogen-bond donors (Lipinski definition) is 1. The van der Waals surface area contributed by atoms with Crippen molar-refractivity contribution < 1.29 is 0 Å². The summed E-state index contributed by atoms with van der Waals surface area (Å²) in [7, 11) is 0. The van der Waals surface area contributed by atoms with Crippen LogP contribution in [0.1, 0.15) is 16.8 Å². The van der Waals surface area contributed by atoms with Gasteiger partial charge in [0, 0.05) is 60.5 Å². The molecule has 0 atom stereocenters. The molecule has 5 aromatic heterocycles. The molecule has 0 aliphatic rings. The van der Waals surface area contributed by atoms with Gasteiger partial charge in [-0.15, -0.1) is 0 Å². The first-order valence-electron chi connectivity index (χ1n) is 10.0. The molecule has 5 heterocycles. The molecule has 0 saturated heterocycles. The Morgan fingerprint density at radius 2 is 1.81 bits per heavy atom. The lowest BCUT2D eigenvalue weighted by Crippen LogP contribution is -2.05. The molecule has 0 aliphatic heterocycles. The van der Waals surface area contributed by atoms with E-state index >= 15 is 0 Å². The molecule has 0 fully saturated rings. The second-order valence-electron chi connectivity index (χ2n) is 7.40. The average Bonchev–Trinajstić information content (AvgIpc) is 3.23. The van der Waals surface area contributed by atoms with Crippen molar-refractivity contribution in [3.8, 4) is 22.5 Å². The predicted octanol–water partition coefficient (Wildman–Crippen LogP) is 4.48. The van der Waals surface area contributed by atoms with Crippen LogP contribution in [-0.2, 0) is 6.54 Å². The van der Waals surface area contributed by atoms with Crippen molar-refractivity contribution in [2.45, 2.75) is 20.4 Å². The number of nitrogens with one attached hydrogen (secondary N) is 1. The van der Waals surface area contributed by atoms with Gasteiger partial charge in [-0.3, -0.25) is 19.4 Å². The van der Waals surface area contributed by atoms with Crippen LogP contribution in [0.25, 0.3) is 28.2 Å². The van der Waals surface area contributed by atoms with Crippen molar-refractivity contribution in [2.24, 2.45) is 0 Å². The lowest BCUT2D eigenvalue weighted by molar-refractivity contribution is 1.05. The topological polar surface area (TPSA) is 80.9 Å². The number of nitrogens with zero attached hydrogens (tertiary/aromatic N) is 6. The summed E-state index contributed by atoms with van der Waals surface area (Å²) in [5.41, 5.74) is 7.99. The van der Waals surface area contributed by atoms with Gasteiger partial charge < -0.3 is 5.32 Å². The number of hydrogen-bond acceptors (Lipinski definition) is 6. The van der Waals surface area contributed by atoms with Gasteiger partial charge in [0.1, 0.15) is 0 Å². The van der Waals surface area contributed by atoms with Gasteiger partial charge in [-0.25, -0.2) is 9.97 Å². The summed E-state index contributed by atoms with van der Waals surface area (Å²) in [6, 6.07) is 10.1. The molecule has 7 nitrogen and oxygen atoms in total. The number of pyridine rings is 3. The molecule has 31 heavy (non-hydrogen) atoms. The van der Waals surface area contributed by atoms with Crippen molar-refractivity contribution in [3.05, 3.63) is 90.5 Å². The lowest BCUT2D eigenvalue weighted by atomic mass is 10.1. The minimum absolute atomic E-state index is 0.602. The van der Waals surface area contributed by atoms with Gasteiger partial charge in [-0.05, 0) is 49.2 Å². The van der Waals surface area contributed by atoms with Crippen molar-refractivity contribution in [2.75, 3.05) is 5.32 Å². The summed E-state index contributed by atoms with van der Waals surface area (Å²) in [6.07, 6.45) is 12.8. The zero-order valence-electron chi connectivity index (χ0n) is 17.3. The van der Waals surface area contributed by atoms with Crippen LogP contribution in [0.2, 0.25) is 0 Å². The number of anilines is 1. The fourth-order valence-corrected chi connectivity index (χ4v) is 3.68. The van der Waals surface area contributed by atoms with Gasteiger partial charge in [-0.1, -0.05) is 6.07 Å². The molecule has 0 radical (unpaired) electrons. The van der Waals surface area contributed by atoms with Gasteiger partial charge in [0.05, 0.1) is 17.6 Å². The van der Waals surface area contributed by atoms with E-state index in [1.807, 2.05) is 60.5 Å². The van der Waals surface area contributed by atoms with E-state index in [2.05, 4.69) is 44.3 Å². The van der Waals surface area contributed by atoms with E-state index in [0.717, 1.165) is 50.8 Å². The fourth-order valence-electron chi connectivity index (χ4n) is 3.68. The summed E-state index contributed by atoms with van der Waals surface area (Å²) in [5.74, 6) is 0.726. The largest absolute Gasteiger partial charge is 0.363 e. The second-order valence-corrected chi connectivity index (χ2v) is 7.40. The molecule has 0 aliphatic carbocycles. The first-order valence-corrected chi connectivity index (χ1v) is 10.0. The maximum absolute atomic E-state index is 4.69. The van der Waals surface area contributed by atoms with Crippen LogP contribution in [0.3, 0.4) is 0 Å². The van der Waals surface area contributed by atoms with E-state index in [1.54, 1.807) is 12.4 Å². The molecule has 0 bridgehead atoms. The first-order chi connectivity index (χ1) is 15.2. The van der Waals surface area contributed by atoms with E-state index in [0.29, 0.717) is 6.54 Å². The third-order valence-corrected chi connectivity index (χ3v) is 5.15. The van der Waals surface area contributed by atoms with Gasteiger partial charge in [0.15, 0.2) is 11.5 Å². The summed E-state index contributed by atoms with van der Waals surface area (Å²) in [4.78, 5) is 22.2. The molecule has 5 rings (SSSR count). The Labute approximate surface area is 179 Å². The molecule has 0 unspecified atom stereocenters. The van der Waals surface area contributed by atoms with Crippen LogP contribution in [0, 0.1) is 13.8 Å². The molecule has 152 valence electrons. The van der Waals surface area contributed by atoms with Crippen LogP contribution < -0.4 is 5.32 Å². The van der Waals surface area contributed by atoms with E-state index in [1.165, 1.54) is 0 Å². The van der Waals surface area contributed by atoms with E-state index in [-0.39, 0.29) is 0 Å². The van der Waals surface area contributed by atoms with Crippen LogP contribution in [0.5, 0.6) is 0 Å². The molecular formula is C24H21N7. The number of aromatic nitrogens is 6. The van der Waals surface area contributed by atoms with Crippen molar-refractivity contribution in [3.63, 3.8) is 0 Å². The summed E-state index contributed by atoms with van der Waals surface area (Å²) in [5, 5.41) is 3.40. The Kier molecular flexibility index (Phi) is 4.84. The predicted molar refractivity (Wildman–Crippen MR) is 120 cm³/mol. The van der Waals surface area contributed by atoms with Gasteiger partial charge in [0.25, 0.3) is 0 Å². The second kappa shape index (κ2) is 7.95. The maximum Gasteiger partial charge on any atom is 0.180 e. The average molecular weight is 407 g/mol. The van der Waals surface area contributed by atoms with Crippen LogP contribution in [0.15, 0.2) is 73.7 Å². The molecule has 0 spiro atoms. The van der Waals surface area contributed by atoms with Crippen molar-refractivity contribution in [1.29, 1.82) is 0 Å². The summed E-state index contributed by atoms with van der Waals surface area (Å²) >= 11 is 0. The molecule has 1 N–H and O–H groups in total. The Balaban J connectivity index is 1.39. The van der Waals surface area contributed by atoms with Crippen molar-refractivity contribution in [1.82, 2.24) is 29.3 Å². The third-order valence-electron chi connectivity index (χ3n) is 5.15. The molecule has 7 heteroatoms. The highest BCUT2D eigenvalue weighted by Crippen LogP contribution is 2.24. The van der Waals surface area contributed by atoms with E-state index < -0.39 is 0 Å². The smallest absolute Gasteiger partial charge is 0.180 e. The molecular weight excluding hydrogens is 386 g/mol. The quantitative estimate of drug-likeness (QED) is 0.463. The number of aryl methyl sites for hydroxylation is 2. The first kappa shape index (κ1) is 18.9. The number of imidazole rings is 1. The van der Waals surface area contributed by atoms with Gasteiger partial charge in [-0.2, -0.15) is 0 Å². The van der Waals surface area contributed by atoms with Crippen LogP contribution in [0.4, 0.5) is 5.82 Å². The Hall–Kier alpha value is -4.13. The lowest BCUT2D eigenvalue weighted by Gasteiger charge is -2.10. The molecule has 0 amide bonds. The zero-order valence-corrected chi connectivity index (χ0v) is 17.3. The number of rotatable bonds is 5. The highest BCUT2D eigenvalue weighted by Gasteiger charge is 2.11. The zero-order chi connectivity index (χ0) is 21.2. The Morgan fingerprint density at radius 1 is 0.871 bits per heavy atom.